The van der Waals surface area contributed by atoms with Gasteiger partial charge in [0.15, 0.2) is 0 Å². The molecule has 0 unspecified atom stereocenters. The van der Waals surface area contributed by atoms with Crippen molar-refractivity contribution in [3.63, 3.8) is 0 Å². The molecule has 0 aliphatic heterocycles. The second-order valence-corrected chi connectivity index (χ2v) is 2.46. The molecule has 0 fully saturated rings. The van der Waals surface area contributed by atoms with E-state index >= 15 is 0 Å². The van der Waals surface area contributed by atoms with Gasteiger partial charge in [0.1, 0.15) is 0 Å². The molecule has 3 nitrogen and oxygen atoms in total. The topological polar surface area (TPSA) is 43.4 Å². The Morgan fingerprint density at radius 3 is 2.40 bits per heavy atom. The zero-order chi connectivity index (χ0) is 8.15. The average Bonchev–Trinajstić information content (AvgIpc) is 1.87. The molecular formula is C6H9O3P. The van der Waals surface area contributed by atoms with Crippen molar-refractivity contribution >= 4 is 14.7 Å². The Bertz CT molecular complexity index is 162. The highest BCUT2D eigenvalue weighted by Gasteiger charge is 2.11. The fourth-order valence-corrected chi connectivity index (χ4v) is 0.513. The second-order valence-electron chi connectivity index (χ2n) is 2.13. The van der Waals surface area contributed by atoms with Gasteiger partial charge in [-0.1, -0.05) is 20.4 Å². The second kappa shape index (κ2) is 4.18. The summed E-state index contributed by atoms with van der Waals surface area (Å²) < 4.78 is 13.9. The van der Waals surface area contributed by atoms with E-state index in [-0.39, 0.29) is 5.92 Å². The number of rotatable bonds is 3. The minimum atomic E-state index is -0.621. The summed E-state index contributed by atoms with van der Waals surface area (Å²) in [6.45, 7) is 7.08. The van der Waals surface area contributed by atoms with Crippen LogP contribution in [0.25, 0.3) is 0 Å². The summed E-state index contributed by atoms with van der Waals surface area (Å²) in [4.78, 5) is 10.7. The molecule has 0 heterocycles. The van der Waals surface area contributed by atoms with Crippen molar-refractivity contribution in [2.75, 3.05) is 0 Å². The first kappa shape index (κ1) is 9.31. The SMILES string of the molecule is C=C(C(=O)OP=O)C(C)C. The van der Waals surface area contributed by atoms with E-state index in [1.54, 1.807) is 0 Å². The minimum Gasteiger partial charge on any atom is -0.369 e. The van der Waals surface area contributed by atoms with Crippen molar-refractivity contribution in [2.24, 2.45) is 5.92 Å². The molecule has 0 aromatic heterocycles. The molecule has 0 radical (unpaired) electrons. The Balaban J connectivity index is 3.95. The average molecular weight is 160 g/mol. The normalized spacial score (nSPS) is 9.90. The van der Waals surface area contributed by atoms with Crippen LogP contribution in [0.5, 0.6) is 0 Å². The molecule has 56 valence electrons. The summed E-state index contributed by atoms with van der Waals surface area (Å²) in [6, 6.07) is 0. The fraction of sp³-hybridized carbons (Fsp3) is 0.500. The zero-order valence-corrected chi connectivity index (χ0v) is 6.85. The van der Waals surface area contributed by atoms with Gasteiger partial charge in [0.05, 0.1) is 0 Å². The van der Waals surface area contributed by atoms with Crippen LogP contribution >= 0.6 is 8.69 Å². The first-order chi connectivity index (χ1) is 4.59. The lowest BCUT2D eigenvalue weighted by atomic mass is 10.1. The van der Waals surface area contributed by atoms with E-state index < -0.39 is 14.7 Å². The van der Waals surface area contributed by atoms with E-state index in [9.17, 15) is 9.36 Å². The molecular weight excluding hydrogens is 151 g/mol. The third-order valence-electron chi connectivity index (χ3n) is 1.08. The van der Waals surface area contributed by atoms with Crippen LogP contribution in [0.1, 0.15) is 13.8 Å². The first-order valence-electron chi connectivity index (χ1n) is 2.82. The Kier molecular flexibility index (Phi) is 3.89. The first-order valence-corrected chi connectivity index (χ1v) is 3.55. The van der Waals surface area contributed by atoms with Crippen molar-refractivity contribution in [3.8, 4) is 0 Å². The Morgan fingerprint density at radius 2 is 2.10 bits per heavy atom. The van der Waals surface area contributed by atoms with Crippen LogP contribution in [-0.4, -0.2) is 5.97 Å². The van der Waals surface area contributed by atoms with Gasteiger partial charge in [-0.3, -0.25) is 0 Å². The maximum Gasteiger partial charge on any atom is 0.398 e. The van der Waals surface area contributed by atoms with Crippen LogP contribution in [0.4, 0.5) is 0 Å². The summed E-state index contributed by atoms with van der Waals surface area (Å²) in [5.74, 6) is -0.569. The van der Waals surface area contributed by atoms with E-state index in [4.69, 9.17) is 0 Å². The van der Waals surface area contributed by atoms with Gasteiger partial charge in [0, 0.05) is 5.57 Å². The van der Waals surface area contributed by atoms with Crippen molar-refractivity contribution in [1.82, 2.24) is 0 Å². The van der Waals surface area contributed by atoms with Crippen molar-refractivity contribution in [1.29, 1.82) is 0 Å². The lowest BCUT2D eigenvalue weighted by Gasteiger charge is -2.03. The van der Waals surface area contributed by atoms with Gasteiger partial charge in [0.25, 0.3) is 0 Å². The molecule has 0 aliphatic rings. The van der Waals surface area contributed by atoms with Crippen LogP contribution in [0, 0.1) is 5.92 Å². The number of carbonyl (C=O) groups is 1. The zero-order valence-electron chi connectivity index (χ0n) is 5.96. The minimum absolute atomic E-state index is 0.0363. The molecule has 0 aromatic rings. The molecule has 0 saturated carbocycles. The Hall–Kier alpha value is -0.690. The summed E-state index contributed by atoms with van der Waals surface area (Å²) in [6.07, 6.45) is 0. The quantitative estimate of drug-likeness (QED) is 0.468. The molecule has 0 aromatic carbocycles. The molecule has 10 heavy (non-hydrogen) atoms. The highest BCUT2D eigenvalue weighted by Crippen LogP contribution is 2.11. The summed E-state index contributed by atoms with van der Waals surface area (Å²) in [5, 5.41) is 0. The lowest BCUT2D eigenvalue weighted by molar-refractivity contribution is -0.129. The van der Waals surface area contributed by atoms with Crippen LogP contribution in [-0.2, 0) is 13.9 Å². The van der Waals surface area contributed by atoms with E-state index in [1.165, 1.54) is 0 Å². The predicted molar refractivity (Wildman–Crippen MR) is 37.7 cm³/mol. The van der Waals surface area contributed by atoms with Gasteiger partial charge in [-0.2, -0.15) is 0 Å². The summed E-state index contributed by atoms with van der Waals surface area (Å²) in [5.41, 5.74) is 0.336. The third kappa shape index (κ3) is 2.74. The van der Waals surface area contributed by atoms with E-state index in [0.29, 0.717) is 5.57 Å². The van der Waals surface area contributed by atoms with Gasteiger partial charge in [-0.05, 0) is 5.92 Å². The maximum absolute atomic E-state index is 10.7. The lowest BCUT2D eigenvalue weighted by Crippen LogP contribution is -2.06. The van der Waals surface area contributed by atoms with E-state index in [0.717, 1.165) is 0 Å². The molecule has 4 heteroatoms. The highest BCUT2D eigenvalue weighted by atomic mass is 31.1. The molecule has 0 rings (SSSR count). The van der Waals surface area contributed by atoms with Gasteiger partial charge in [-0.15, -0.1) is 0 Å². The van der Waals surface area contributed by atoms with Crippen LogP contribution in [0.3, 0.4) is 0 Å². The highest BCUT2D eigenvalue weighted by molar-refractivity contribution is 7.18. The summed E-state index contributed by atoms with van der Waals surface area (Å²) in [7, 11) is -0.621. The molecule has 0 saturated heterocycles. The number of carbonyl (C=O) groups excluding carboxylic acids is 1. The van der Waals surface area contributed by atoms with E-state index in [2.05, 4.69) is 11.1 Å². The van der Waals surface area contributed by atoms with Crippen molar-refractivity contribution < 1.29 is 13.9 Å². The fourth-order valence-electron chi connectivity index (χ4n) is 0.328. The maximum atomic E-state index is 10.7. The van der Waals surface area contributed by atoms with Crippen LogP contribution < -0.4 is 0 Å². The molecule has 0 aliphatic carbocycles. The smallest absolute Gasteiger partial charge is 0.369 e. The Labute approximate surface area is 61.4 Å². The summed E-state index contributed by atoms with van der Waals surface area (Å²) >= 11 is 0. The molecule has 0 atom stereocenters. The van der Waals surface area contributed by atoms with Gasteiger partial charge < -0.3 is 4.52 Å². The standard InChI is InChI=1S/C6H9O3P/c1-4(2)5(3)6(7)9-10-8/h4H,3H2,1-2H3. The van der Waals surface area contributed by atoms with Gasteiger partial charge >= 0.3 is 14.7 Å². The van der Waals surface area contributed by atoms with E-state index in [1.807, 2.05) is 13.8 Å². The van der Waals surface area contributed by atoms with Crippen molar-refractivity contribution in [2.45, 2.75) is 13.8 Å². The number of hydrogen-bond donors (Lipinski definition) is 0. The molecule has 0 bridgehead atoms. The third-order valence-corrected chi connectivity index (χ3v) is 1.32. The predicted octanol–water partition coefficient (Wildman–Crippen LogP) is 1.95. The van der Waals surface area contributed by atoms with Gasteiger partial charge in [-0.25, -0.2) is 9.36 Å². The number of hydrogen-bond acceptors (Lipinski definition) is 3. The van der Waals surface area contributed by atoms with Crippen LogP contribution in [0.15, 0.2) is 12.2 Å². The molecule has 0 N–H and O–H groups in total. The molecule has 0 spiro atoms. The largest absolute Gasteiger partial charge is 0.398 e. The Morgan fingerprint density at radius 1 is 1.60 bits per heavy atom. The van der Waals surface area contributed by atoms with Crippen molar-refractivity contribution in [3.05, 3.63) is 12.2 Å². The van der Waals surface area contributed by atoms with Gasteiger partial charge in [0.2, 0.25) is 0 Å². The molecule has 0 amide bonds. The van der Waals surface area contributed by atoms with Crippen LogP contribution in [0.2, 0.25) is 0 Å². The monoisotopic (exact) mass is 160 g/mol.